The summed E-state index contributed by atoms with van der Waals surface area (Å²) in [6.07, 6.45) is 4.85. The first-order valence-corrected chi connectivity index (χ1v) is 9.60. The van der Waals surface area contributed by atoms with Gasteiger partial charge in [0.2, 0.25) is 0 Å². The number of hydrogen-bond donors (Lipinski definition) is 0. The molecule has 2 aromatic rings. The van der Waals surface area contributed by atoms with Crippen LogP contribution in [0.3, 0.4) is 0 Å². The SMILES string of the molecule is CCC(=O)C1(c2ccccc2)CCN(CCCc2ccccc2)CC1. The molecule has 0 aromatic heterocycles. The van der Waals surface area contributed by atoms with E-state index in [1.54, 1.807) is 0 Å². The smallest absolute Gasteiger partial charge is 0.143 e. The van der Waals surface area contributed by atoms with Gasteiger partial charge >= 0.3 is 0 Å². The van der Waals surface area contributed by atoms with E-state index in [0.717, 1.165) is 38.9 Å². The number of rotatable bonds is 7. The van der Waals surface area contributed by atoms with Crippen LogP contribution < -0.4 is 0 Å². The summed E-state index contributed by atoms with van der Waals surface area (Å²) in [7, 11) is 0. The van der Waals surface area contributed by atoms with Crippen molar-refractivity contribution < 1.29 is 4.79 Å². The molecule has 0 saturated carbocycles. The fraction of sp³-hybridized carbons (Fsp3) is 0.435. The molecule has 0 atom stereocenters. The Hall–Kier alpha value is -1.93. The summed E-state index contributed by atoms with van der Waals surface area (Å²) in [5, 5.41) is 0. The molecule has 3 rings (SSSR count). The third-order valence-electron chi connectivity index (χ3n) is 5.67. The topological polar surface area (TPSA) is 20.3 Å². The first-order valence-electron chi connectivity index (χ1n) is 9.60. The minimum atomic E-state index is -0.258. The maximum absolute atomic E-state index is 12.8. The second-order valence-electron chi connectivity index (χ2n) is 7.16. The Labute approximate surface area is 151 Å². The number of likely N-dealkylation sites (tertiary alicyclic amines) is 1. The molecule has 2 heteroatoms. The van der Waals surface area contributed by atoms with Gasteiger partial charge in [-0.05, 0) is 56.4 Å². The number of benzene rings is 2. The Bertz CT molecular complexity index is 657. The quantitative estimate of drug-likeness (QED) is 0.735. The number of aryl methyl sites for hydroxylation is 1. The second-order valence-corrected chi connectivity index (χ2v) is 7.16. The van der Waals surface area contributed by atoms with Gasteiger partial charge in [-0.3, -0.25) is 4.79 Å². The van der Waals surface area contributed by atoms with Crippen LogP contribution in [0.4, 0.5) is 0 Å². The van der Waals surface area contributed by atoms with Gasteiger partial charge in [0.25, 0.3) is 0 Å². The van der Waals surface area contributed by atoms with Crippen molar-refractivity contribution in [3.8, 4) is 0 Å². The van der Waals surface area contributed by atoms with Crippen LogP contribution in [0.25, 0.3) is 0 Å². The van der Waals surface area contributed by atoms with Crippen molar-refractivity contribution in [2.24, 2.45) is 0 Å². The van der Waals surface area contributed by atoms with E-state index in [2.05, 4.69) is 59.5 Å². The van der Waals surface area contributed by atoms with Crippen LogP contribution in [0.2, 0.25) is 0 Å². The molecule has 0 N–H and O–H groups in total. The molecular weight excluding hydrogens is 306 g/mol. The lowest BCUT2D eigenvalue weighted by molar-refractivity contribution is -0.126. The second kappa shape index (κ2) is 8.44. The number of carbonyl (C=O) groups excluding carboxylic acids is 1. The summed E-state index contributed by atoms with van der Waals surface area (Å²) in [4.78, 5) is 15.3. The molecule has 1 saturated heterocycles. The van der Waals surface area contributed by atoms with Crippen LogP contribution in [0.15, 0.2) is 60.7 Å². The highest BCUT2D eigenvalue weighted by Crippen LogP contribution is 2.37. The van der Waals surface area contributed by atoms with Gasteiger partial charge in [-0.15, -0.1) is 0 Å². The number of Topliss-reactive ketones (excluding diaryl/α,β-unsaturated/α-hetero) is 1. The molecule has 0 aliphatic carbocycles. The minimum absolute atomic E-state index is 0.258. The molecule has 0 amide bonds. The van der Waals surface area contributed by atoms with Crippen LogP contribution in [0.1, 0.15) is 43.7 Å². The number of carbonyl (C=O) groups is 1. The van der Waals surface area contributed by atoms with Gasteiger partial charge in [-0.1, -0.05) is 67.6 Å². The Morgan fingerprint density at radius 1 is 0.960 bits per heavy atom. The zero-order chi connectivity index (χ0) is 17.5. The van der Waals surface area contributed by atoms with E-state index in [-0.39, 0.29) is 5.41 Å². The van der Waals surface area contributed by atoms with E-state index in [1.807, 2.05) is 13.0 Å². The monoisotopic (exact) mass is 335 g/mol. The highest BCUT2D eigenvalue weighted by atomic mass is 16.1. The molecule has 132 valence electrons. The molecule has 25 heavy (non-hydrogen) atoms. The van der Waals surface area contributed by atoms with Crippen LogP contribution in [0.5, 0.6) is 0 Å². The fourth-order valence-corrected chi connectivity index (χ4v) is 4.13. The number of ketones is 1. The van der Waals surface area contributed by atoms with Gasteiger partial charge in [0.15, 0.2) is 0 Å². The summed E-state index contributed by atoms with van der Waals surface area (Å²) < 4.78 is 0. The van der Waals surface area contributed by atoms with Crippen molar-refractivity contribution in [1.29, 1.82) is 0 Å². The fourth-order valence-electron chi connectivity index (χ4n) is 4.13. The summed E-state index contributed by atoms with van der Waals surface area (Å²) in [6, 6.07) is 21.1. The lowest BCUT2D eigenvalue weighted by atomic mass is 9.69. The molecule has 2 nitrogen and oxygen atoms in total. The van der Waals surface area contributed by atoms with Crippen LogP contribution in [-0.4, -0.2) is 30.3 Å². The van der Waals surface area contributed by atoms with Crippen molar-refractivity contribution in [3.05, 3.63) is 71.8 Å². The Kier molecular flexibility index (Phi) is 6.04. The number of hydrogen-bond acceptors (Lipinski definition) is 2. The molecule has 0 bridgehead atoms. The van der Waals surface area contributed by atoms with Gasteiger partial charge in [-0.2, -0.15) is 0 Å². The number of piperidine rings is 1. The largest absolute Gasteiger partial charge is 0.303 e. The highest BCUT2D eigenvalue weighted by Gasteiger charge is 2.41. The van der Waals surface area contributed by atoms with Crippen molar-refractivity contribution in [1.82, 2.24) is 4.90 Å². The van der Waals surface area contributed by atoms with Crippen LogP contribution in [0, 0.1) is 0 Å². The lowest BCUT2D eigenvalue weighted by Crippen LogP contribution is -2.47. The first-order chi connectivity index (χ1) is 12.2. The summed E-state index contributed by atoms with van der Waals surface area (Å²) in [5.74, 6) is 0.405. The average molecular weight is 335 g/mol. The molecule has 1 aliphatic rings. The predicted octanol–water partition coefficient (Wildman–Crippen LogP) is 4.63. The Balaban J connectivity index is 1.58. The maximum Gasteiger partial charge on any atom is 0.143 e. The van der Waals surface area contributed by atoms with Crippen molar-refractivity contribution >= 4 is 5.78 Å². The van der Waals surface area contributed by atoms with Gasteiger partial charge in [-0.25, -0.2) is 0 Å². The molecular formula is C23H29NO. The van der Waals surface area contributed by atoms with E-state index in [0.29, 0.717) is 12.2 Å². The van der Waals surface area contributed by atoms with E-state index < -0.39 is 0 Å². The molecule has 0 spiro atoms. The Morgan fingerprint density at radius 2 is 1.56 bits per heavy atom. The van der Waals surface area contributed by atoms with Crippen molar-refractivity contribution in [3.63, 3.8) is 0 Å². The Morgan fingerprint density at radius 3 is 2.16 bits per heavy atom. The molecule has 1 aliphatic heterocycles. The zero-order valence-electron chi connectivity index (χ0n) is 15.3. The normalized spacial score (nSPS) is 17.3. The standard InChI is InChI=1S/C23H29NO/c1-2-22(25)23(21-13-7-4-8-14-21)15-18-24(19-16-23)17-9-12-20-10-5-3-6-11-20/h3-8,10-11,13-14H,2,9,12,15-19H2,1H3. The van der Waals surface area contributed by atoms with Gasteiger partial charge in [0, 0.05) is 6.42 Å². The van der Waals surface area contributed by atoms with Crippen molar-refractivity contribution in [2.75, 3.05) is 19.6 Å². The van der Waals surface area contributed by atoms with Crippen LogP contribution in [-0.2, 0) is 16.6 Å². The van der Waals surface area contributed by atoms with Gasteiger partial charge < -0.3 is 4.90 Å². The van der Waals surface area contributed by atoms with E-state index >= 15 is 0 Å². The molecule has 0 unspecified atom stereocenters. The summed E-state index contributed by atoms with van der Waals surface area (Å²) in [6.45, 7) is 5.17. The van der Waals surface area contributed by atoms with Crippen LogP contribution >= 0.6 is 0 Å². The third kappa shape index (κ3) is 4.19. The van der Waals surface area contributed by atoms with Gasteiger partial charge in [0.1, 0.15) is 5.78 Å². The number of nitrogens with zero attached hydrogens (tertiary/aromatic N) is 1. The van der Waals surface area contributed by atoms with E-state index in [4.69, 9.17) is 0 Å². The average Bonchev–Trinajstić information content (AvgIpc) is 2.69. The first kappa shape index (κ1) is 17.9. The van der Waals surface area contributed by atoms with Crippen molar-refractivity contribution in [2.45, 2.75) is 44.4 Å². The molecule has 1 heterocycles. The lowest BCUT2D eigenvalue weighted by Gasteiger charge is -2.41. The molecule has 0 radical (unpaired) electrons. The molecule has 1 fully saturated rings. The molecule has 2 aromatic carbocycles. The zero-order valence-corrected chi connectivity index (χ0v) is 15.3. The summed E-state index contributed by atoms with van der Waals surface area (Å²) in [5.41, 5.74) is 2.37. The minimum Gasteiger partial charge on any atom is -0.303 e. The van der Waals surface area contributed by atoms with E-state index in [1.165, 1.54) is 17.5 Å². The third-order valence-corrected chi connectivity index (χ3v) is 5.67. The van der Waals surface area contributed by atoms with Gasteiger partial charge in [0.05, 0.1) is 5.41 Å². The highest BCUT2D eigenvalue weighted by molar-refractivity contribution is 5.90. The van der Waals surface area contributed by atoms with E-state index in [9.17, 15) is 4.79 Å². The maximum atomic E-state index is 12.8. The summed E-state index contributed by atoms with van der Waals surface area (Å²) >= 11 is 0. The predicted molar refractivity (Wildman–Crippen MR) is 104 cm³/mol.